The molecular weight excluding hydrogens is 358 g/mol. The van der Waals surface area contributed by atoms with Gasteiger partial charge in [0, 0.05) is 6.42 Å². The summed E-state index contributed by atoms with van der Waals surface area (Å²) in [6.45, 7) is 12.0. The van der Waals surface area contributed by atoms with E-state index in [2.05, 4.69) is 0 Å². The molecule has 0 aromatic heterocycles. The first-order valence-electron chi connectivity index (χ1n) is 9.85. The van der Waals surface area contributed by atoms with Crippen LogP contribution in [0.15, 0.2) is 30.3 Å². The first-order valence-corrected chi connectivity index (χ1v) is 9.85. The van der Waals surface area contributed by atoms with E-state index < -0.39 is 17.4 Å². The molecule has 2 rings (SSSR count). The summed E-state index contributed by atoms with van der Waals surface area (Å²) in [7, 11) is 0. The van der Waals surface area contributed by atoms with Crippen LogP contribution in [0.5, 0.6) is 0 Å². The maximum Gasteiger partial charge on any atom is 0.412 e. The molecule has 6 heteroatoms. The number of benzene rings is 1. The molecule has 156 valence electrons. The fourth-order valence-electron chi connectivity index (χ4n) is 3.27. The monoisotopic (exact) mass is 391 g/mol. The van der Waals surface area contributed by atoms with Crippen LogP contribution in [-0.2, 0) is 25.6 Å². The molecule has 0 bridgehead atoms. The molecule has 6 nitrogen and oxygen atoms in total. The minimum atomic E-state index is -0.741. The fourth-order valence-corrected chi connectivity index (χ4v) is 3.27. The Bertz CT molecular complexity index is 665. The molecule has 0 N–H and O–H groups in total. The number of carbonyl (C=O) groups is 2. The largest absolute Gasteiger partial charge is 0.461 e. The number of esters is 1. The summed E-state index contributed by atoms with van der Waals surface area (Å²) < 4.78 is 16.8. The standard InChI is InChI=1S/C22H33NO5/c1-16(12-13-19(24)26-14-17-10-8-7-9-11-17)18-15-27-22(5,6)23(18)20(25)28-21(2,3)4/h7-11,16,18H,12-15H2,1-6H3/t16-,18?/m1/s1. The van der Waals surface area contributed by atoms with Gasteiger partial charge in [-0.25, -0.2) is 4.79 Å². The van der Waals surface area contributed by atoms with Crippen LogP contribution < -0.4 is 0 Å². The molecule has 1 aromatic rings. The SMILES string of the molecule is C[C@H](CCC(=O)OCc1ccccc1)C1COC(C)(C)N1C(=O)OC(C)(C)C. The number of rotatable bonds is 6. The van der Waals surface area contributed by atoms with E-state index in [0.29, 0.717) is 19.4 Å². The van der Waals surface area contributed by atoms with E-state index >= 15 is 0 Å². The molecule has 1 aliphatic rings. The lowest BCUT2D eigenvalue weighted by molar-refractivity contribution is -0.145. The molecule has 1 aliphatic heterocycles. The van der Waals surface area contributed by atoms with Gasteiger partial charge in [-0.05, 0) is 52.5 Å². The van der Waals surface area contributed by atoms with Gasteiger partial charge in [0.15, 0.2) is 0 Å². The van der Waals surface area contributed by atoms with Crippen LogP contribution in [0, 0.1) is 5.92 Å². The maximum atomic E-state index is 12.7. The highest BCUT2D eigenvalue weighted by Gasteiger charge is 2.47. The summed E-state index contributed by atoms with van der Waals surface area (Å²) in [5, 5.41) is 0. The highest BCUT2D eigenvalue weighted by molar-refractivity contribution is 5.70. The summed E-state index contributed by atoms with van der Waals surface area (Å²) >= 11 is 0. The molecule has 1 fully saturated rings. The molecule has 1 saturated heterocycles. The maximum absolute atomic E-state index is 12.7. The van der Waals surface area contributed by atoms with Gasteiger partial charge in [0.25, 0.3) is 0 Å². The van der Waals surface area contributed by atoms with Gasteiger partial charge in [0.05, 0.1) is 12.6 Å². The smallest absolute Gasteiger partial charge is 0.412 e. The van der Waals surface area contributed by atoms with E-state index in [1.807, 2.05) is 71.9 Å². The highest BCUT2D eigenvalue weighted by Crippen LogP contribution is 2.34. The third-order valence-electron chi connectivity index (χ3n) is 4.81. The van der Waals surface area contributed by atoms with Gasteiger partial charge >= 0.3 is 12.1 Å². The van der Waals surface area contributed by atoms with Gasteiger partial charge < -0.3 is 14.2 Å². The second-order valence-electron chi connectivity index (χ2n) is 8.84. The molecule has 1 amide bonds. The van der Waals surface area contributed by atoms with Gasteiger partial charge in [-0.15, -0.1) is 0 Å². The number of nitrogens with zero attached hydrogens (tertiary/aromatic N) is 1. The zero-order valence-electron chi connectivity index (χ0n) is 17.9. The van der Waals surface area contributed by atoms with Crippen molar-refractivity contribution in [1.29, 1.82) is 0 Å². The Morgan fingerprint density at radius 2 is 1.89 bits per heavy atom. The topological polar surface area (TPSA) is 65.1 Å². The Labute approximate surface area is 168 Å². The second kappa shape index (κ2) is 8.95. The van der Waals surface area contributed by atoms with Gasteiger partial charge in [0.1, 0.15) is 17.9 Å². The molecule has 0 saturated carbocycles. The lowest BCUT2D eigenvalue weighted by Crippen LogP contribution is -2.51. The highest BCUT2D eigenvalue weighted by atomic mass is 16.6. The molecule has 2 atom stereocenters. The number of ether oxygens (including phenoxy) is 3. The quantitative estimate of drug-likeness (QED) is 0.667. The van der Waals surface area contributed by atoms with Crippen molar-refractivity contribution < 1.29 is 23.8 Å². The molecular formula is C22H33NO5. The first-order chi connectivity index (χ1) is 13.0. The fraction of sp³-hybridized carbons (Fsp3) is 0.636. The van der Waals surface area contributed by atoms with Crippen molar-refractivity contribution in [2.24, 2.45) is 5.92 Å². The van der Waals surface area contributed by atoms with Crippen LogP contribution in [0.2, 0.25) is 0 Å². The third-order valence-corrected chi connectivity index (χ3v) is 4.81. The zero-order valence-corrected chi connectivity index (χ0v) is 17.9. The molecule has 1 heterocycles. The van der Waals surface area contributed by atoms with Crippen LogP contribution in [0.1, 0.15) is 59.9 Å². The van der Waals surface area contributed by atoms with Crippen molar-refractivity contribution in [2.75, 3.05) is 6.61 Å². The third kappa shape index (κ3) is 6.23. The Hall–Kier alpha value is -2.08. The van der Waals surface area contributed by atoms with Crippen LogP contribution >= 0.6 is 0 Å². The van der Waals surface area contributed by atoms with Crippen molar-refractivity contribution in [3.8, 4) is 0 Å². The molecule has 1 unspecified atom stereocenters. The van der Waals surface area contributed by atoms with Crippen molar-refractivity contribution >= 4 is 12.1 Å². The summed E-state index contributed by atoms with van der Waals surface area (Å²) in [4.78, 5) is 26.5. The normalized spacial score (nSPS) is 19.9. The minimum absolute atomic E-state index is 0.0681. The molecule has 0 spiro atoms. The van der Waals surface area contributed by atoms with E-state index in [1.165, 1.54) is 0 Å². The van der Waals surface area contributed by atoms with E-state index in [1.54, 1.807) is 4.90 Å². The minimum Gasteiger partial charge on any atom is -0.461 e. The second-order valence-corrected chi connectivity index (χ2v) is 8.84. The summed E-state index contributed by atoms with van der Waals surface area (Å²) in [6.07, 6.45) is 0.517. The molecule has 0 aliphatic carbocycles. The van der Waals surface area contributed by atoms with Crippen LogP contribution in [0.4, 0.5) is 4.79 Å². The van der Waals surface area contributed by atoms with E-state index in [4.69, 9.17) is 14.2 Å². The van der Waals surface area contributed by atoms with Gasteiger partial charge in [-0.2, -0.15) is 0 Å². The number of hydrogen-bond donors (Lipinski definition) is 0. The summed E-state index contributed by atoms with van der Waals surface area (Å²) in [5.74, 6) is -0.170. The van der Waals surface area contributed by atoms with Crippen LogP contribution in [0.25, 0.3) is 0 Å². The van der Waals surface area contributed by atoms with Crippen LogP contribution in [-0.4, -0.2) is 40.9 Å². The number of amides is 1. The predicted octanol–water partition coefficient (Wildman–Crippen LogP) is 4.52. The average molecular weight is 392 g/mol. The molecule has 1 aromatic carbocycles. The van der Waals surface area contributed by atoms with Crippen molar-refractivity contribution in [1.82, 2.24) is 4.90 Å². The predicted molar refractivity (Wildman–Crippen MR) is 107 cm³/mol. The molecule has 28 heavy (non-hydrogen) atoms. The van der Waals surface area contributed by atoms with Crippen molar-refractivity contribution in [2.45, 2.75) is 78.4 Å². The van der Waals surface area contributed by atoms with Crippen molar-refractivity contribution in [3.05, 3.63) is 35.9 Å². The van der Waals surface area contributed by atoms with E-state index in [-0.39, 0.29) is 24.5 Å². The Morgan fingerprint density at radius 1 is 1.25 bits per heavy atom. The first kappa shape index (κ1) is 22.2. The number of carbonyl (C=O) groups excluding carboxylic acids is 2. The van der Waals surface area contributed by atoms with Crippen molar-refractivity contribution in [3.63, 3.8) is 0 Å². The Morgan fingerprint density at radius 3 is 2.50 bits per heavy atom. The lowest BCUT2D eigenvalue weighted by Gasteiger charge is -2.37. The van der Waals surface area contributed by atoms with Gasteiger partial charge in [0.2, 0.25) is 0 Å². The van der Waals surface area contributed by atoms with E-state index in [9.17, 15) is 9.59 Å². The van der Waals surface area contributed by atoms with E-state index in [0.717, 1.165) is 5.56 Å². The van der Waals surface area contributed by atoms with Gasteiger partial charge in [-0.3, -0.25) is 9.69 Å². The number of hydrogen-bond acceptors (Lipinski definition) is 5. The zero-order chi connectivity index (χ0) is 20.9. The summed E-state index contributed by atoms with van der Waals surface area (Å²) in [5.41, 5.74) is -0.356. The summed E-state index contributed by atoms with van der Waals surface area (Å²) in [6, 6.07) is 9.46. The molecule has 0 radical (unpaired) electrons. The average Bonchev–Trinajstić information content (AvgIpc) is 2.92. The van der Waals surface area contributed by atoms with Crippen LogP contribution in [0.3, 0.4) is 0 Å². The lowest BCUT2D eigenvalue weighted by atomic mass is 9.96. The Balaban J connectivity index is 1.89. The Kier molecular flexibility index (Phi) is 7.10. The van der Waals surface area contributed by atoms with Gasteiger partial charge in [-0.1, -0.05) is 37.3 Å².